The second kappa shape index (κ2) is 6.60. The lowest BCUT2D eigenvalue weighted by molar-refractivity contribution is 0.462. The molecule has 0 bridgehead atoms. The first-order valence-electron chi connectivity index (χ1n) is 5.91. The van der Waals surface area contributed by atoms with Gasteiger partial charge in [0.25, 0.3) is 5.56 Å². The van der Waals surface area contributed by atoms with Crippen molar-refractivity contribution in [1.29, 1.82) is 0 Å². The van der Waals surface area contributed by atoms with Crippen LogP contribution in [-0.2, 0) is 6.54 Å². The Morgan fingerprint density at radius 3 is 2.78 bits per heavy atom. The Labute approximate surface area is 116 Å². The van der Waals surface area contributed by atoms with E-state index in [1.807, 2.05) is 20.8 Å². The van der Waals surface area contributed by atoms with Gasteiger partial charge in [0.05, 0.1) is 11.9 Å². The van der Waals surface area contributed by atoms with Crippen LogP contribution in [0.5, 0.6) is 0 Å². The van der Waals surface area contributed by atoms with Crippen LogP contribution in [0.4, 0.5) is 5.69 Å². The molecular weight excluding hydrogens is 294 g/mol. The topological polar surface area (TPSA) is 46.9 Å². The molecule has 1 aromatic rings. The molecule has 4 nitrogen and oxygen atoms in total. The van der Waals surface area contributed by atoms with Gasteiger partial charge < -0.3 is 5.32 Å². The zero-order valence-corrected chi connectivity index (χ0v) is 12.5. The first kappa shape index (κ1) is 14.8. The van der Waals surface area contributed by atoms with E-state index in [2.05, 4.69) is 32.3 Å². The fourth-order valence-corrected chi connectivity index (χ4v) is 1.96. The van der Waals surface area contributed by atoms with E-state index in [0.29, 0.717) is 29.0 Å². The number of anilines is 1. The van der Waals surface area contributed by atoms with E-state index in [4.69, 9.17) is 6.42 Å². The summed E-state index contributed by atoms with van der Waals surface area (Å²) in [6.45, 7) is 6.66. The summed E-state index contributed by atoms with van der Waals surface area (Å²) in [4.78, 5) is 12.0. The van der Waals surface area contributed by atoms with Crippen LogP contribution in [-0.4, -0.2) is 15.8 Å². The molecule has 0 spiro atoms. The van der Waals surface area contributed by atoms with E-state index in [1.54, 1.807) is 6.20 Å². The van der Waals surface area contributed by atoms with Gasteiger partial charge in [0.1, 0.15) is 4.47 Å². The number of halogens is 1. The van der Waals surface area contributed by atoms with Gasteiger partial charge >= 0.3 is 0 Å². The van der Waals surface area contributed by atoms with Crippen molar-refractivity contribution in [2.75, 3.05) is 5.32 Å². The molecule has 0 aliphatic heterocycles. The van der Waals surface area contributed by atoms with Crippen LogP contribution in [0.1, 0.15) is 27.2 Å². The van der Waals surface area contributed by atoms with Crippen molar-refractivity contribution in [2.45, 2.75) is 39.8 Å². The quantitative estimate of drug-likeness (QED) is 0.850. The second-order valence-corrected chi connectivity index (χ2v) is 5.50. The fraction of sp³-hybridized carbons (Fsp3) is 0.538. The van der Waals surface area contributed by atoms with Crippen LogP contribution in [0.2, 0.25) is 0 Å². The molecule has 1 atom stereocenters. The molecule has 98 valence electrons. The monoisotopic (exact) mass is 311 g/mol. The summed E-state index contributed by atoms with van der Waals surface area (Å²) < 4.78 is 1.97. The van der Waals surface area contributed by atoms with Gasteiger partial charge in [-0.25, -0.2) is 4.68 Å². The van der Waals surface area contributed by atoms with Crippen LogP contribution in [0.15, 0.2) is 15.5 Å². The third kappa shape index (κ3) is 3.88. The SMILES string of the molecule is C#CCC(C)Nc1cnn(CC(C)C)c(=O)c1Br. The lowest BCUT2D eigenvalue weighted by atomic mass is 10.2. The van der Waals surface area contributed by atoms with Gasteiger partial charge in [-0.15, -0.1) is 12.3 Å². The molecule has 5 heteroatoms. The highest BCUT2D eigenvalue weighted by atomic mass is 79.9. The lowest BCUT2D eigenvalue weighted by Gasteiger charge is -2.15. The van der Waals surface area contributed by atoms with Gasteiger partial charge in [-0.3, -0.25) is 4.79 Å². The molecule has 0 amide bonds. The number of hydrogen-bond acceptors (Lipinski definition) is 3. The van der Waals surface area contributed by atoms with Crippen LogP contribution in [0, 0.1) is 18.3 Å². The van der Waals surface area contributed by atoms with Crippen molar-refractivity contribution >= 4 is 21.6 Å². The molecule has 18 heavy (non-hydrogen) atoms. The maximum absolute atomic E-state index is 12.0. The lowest BCUT2D eigenvalue weighted by Crippen LogP contribution is -2.27. The normalized spacial score (nSPS) is 12.2. The highest BCUT2D eigenvalue weighted by Gasteiger charge is 2.11. The fourth-order valence-electron chi connectivity index (χ4n) is 1.53. The molecule has 0 aliphatic carbocycles. The Kier molecular flexibility index (Phi) is 5.42. The number of hydrogen-bond donors (Lipinski definition) is 1. The number of rotatable bonds is 5. The number of aromatic nitrogens is 2. The smallest absolute Gasteiger partial charge is 0.283 e. The van der Waals surface area contributed by atoms with Crippen LogP contribution in [0.3, 0.4) is 0 Å². The molecule has 0 aromatic carbocycles. The maximum Gasteiger partial charge on any atom is 0.283 e. The second-order valence-electron chi connectivity index (χ2n) is 4.71. The van der Waals surface area contributed by atoms with Crippen molar-refractivity contribution in [3.8, 4) is 12.3 Å². The van der Waals surface area contributed by atoms with Gasteiger partial charge in [-0.2, -0.15) is 5.10 Å². The molecule has 0 fully saturated rings. The summed E-state index contributed by atoms with van der Waals surface area (Å²) in [6, 6.07) is 0.105. The van der Waals surface area contributed by atoms with E-state index in [9.17, 15) is 4.79 Å². The molecule has 1 N–H and O–H groups in total. The Balaban J connectivity index is 2.95. The van der Waals surface area contributed by atoms with Gasteiger partial charge in [-0.05, 0) is 28.8 Å². The summed E-state index contributed by atoms with van der Waals surface area (Å²) in [6.07, 6.45) is 7.50. The van der Waals surface area contributed by atoms with Crippen LogP contribution in [0.25, 0.3) is 0 Å². The Bertz CT molecular complexity index is 502. The minimum absolute atomic E-state index is 0.105. The first-order valence-corrected chi connectivity index (χ1v) is 6.70. The zero-order chi connectivity index (χ0) is 13.7. The molecule has 1 rings (SSSR count). The average Bonchev–Trinajstić information content (AvgIpc) is 2.29. The van der Waals surface area contributed by atoms with E-state index in [1.165, 1.54) is 4.68 Å². The van der Waals surface area contributed by atoms with Crippen molar-refractivity contribution in [1.82, 2.24) is 9.78 Å². The van der Waals surface area contributed by atoms with Crippen molar-refractivity contribution in [3.63, 3.8) is 0 Å². The Morgan fingerprint density at radius 1 is 1.56 bits per heavy atom. The molecule has 1 aromatic heterocycles. The molecule has 0 radical (unpaired) electrons. The largest absolute Gasteiger partial charge is 0.379 e. The van der Waals surface area contributed by atoms with E-state index < -0.39 is 0 Å². The Morgan fingerprint density at radius 2 is 2.22 bits per heavy atom. The van der Waals surface area contributed by atoms with Crippen molar-refractivity contribution in [3.05, 3.63) is 21.0 Å². The minimum Gasteiger partial charge on any atom is -0.379 e. The van der Waals surface area contributed by atoms with Gasteiger partial charge in [0.2, 0.25) is 0 Å². The molecular formula is C13H18BrN3O. The Hall–Kier alpha value is -1.28. The number of nitrogens with zero attached hydrogens (tertiary/aromatic N) is 2. The molecule has 0 aliphatic rings. The predicted octanol–water partition coefficient (Wildman–Crippen LogP) is 2.49. The highest BCUT2D eigenvalue weighted by Crippen LogP contribution is 2.17. The highest BCUT2D eigenvalue weighted by molar-refractivity contribution is 9.10. The summed E-state index contributed by atoms with van der Waals surface area (Å²) >= 11 is 3.31. The maximum atomic E-state index is 12.0. The van der Waals surface area contributed by atoms with Crippen LogP contribution >= 0.6 is 15.9 Å². The van der Waals surface area contributed by atoms with Crippen molar-refractivity contribution in [2.24, 2.45) is 5.92 Å². The van der Waals surface area contributed by atoms with E-state index in [-0.39, 0.29) is 11.6 Å². The molecule has 0 saturated carbocycles. The predicted molar refractivity (Wildman–Crippen MR) is 77.6 cm³/mol. The van der Waals surface area contributed by atoms with Gasteiger partial charge in [-0.1, -0.05) is 13.8 Å². The van der Waals surface area contributed by atoms with E-state index >= 15 is 0 Å². The first-order chi connectivity index (χ1) is 8.45. The minimum atomic E-state index is -0.124. The molecule has 0 saturated heterocycles. The van der Waals surface area contributed by atoms with E-state index in [0.717, 1.165) is 0 Å². The number of terminal acetylenes is 1. The summed E-state index contributed by atoms with van der Waals surface area (Å²) in [5.74, 6) is 2.95. The standard InChI is InChI=1S/C13H18BrN3O/c1-5-6-10(4)16-11-7-15-17(8-9(2)3)13(18)12(11)14/h1,7,9-10,16H,6,8H2,2-4H3. The average molecular weight is 312 g/mol. The number of nitrogens with one attached hydrogen (secondary N) is 1. The summed E-state index contributed by atoms with van der Waals surface area (Å²) in [7, 11) is 0. The van der Waals surface area contributed by atoms with Crippen molar-refractivity contribution < 1.29 is 0 Å². The third-order valence-corrected chi connectivity index (χ3v) is 3.12. The van der Waals surface area contributed by atoms with Gasteiger partial charge in [0.15, 0.2) is 0 Å². The summed E-state index contributed by atoms with van der Waals surface area (Å²) in [5, 5.41) is 7.32. The zero-order valence-electron chi connectivity index (χ0n) is 10.9. The summed E-state index contributed by atoms with van der Waals surface area (Å²) in [5.41, 5.74) is 0.560. The molecule has 1 heterocycles. The molecule has 1 unspecified atom stereocenters. The van der Waals surface area contributed by atoms with Gasteiger partial charge in [0, 0.05) is 19.0 Å². The van der Waals surface area contributed by atoms with Crippen LogP contribution < -0.4 is 10.9 Å². The third-order valence-electron chi connectivity index (χ3n) is 2.35.